The maximum atomic E-state index is 5.32. The number of nitrogens with two attached hydrogens (primary N) is 1. The molecule has 68 valence electrons. The van der Waals surface area contributed by atoms with Gasteiger partial charge in [0.05, 0.1) is 0 Å². The molecule has 4 nitrogen and oxygen atoms in total. The van der Waals surface area contributed by atoms with Gasteiger partial charge in [-0.05, 0) is 5.41 Å². The molecule has 1 aromatic heterocycles. The van der Waals surface area contributed by atoms with Crippen LogP contribution in [-0.4, -0.2) is 10.2 Å². The van der Waals surface area contributed by atoms with E-state index in [1.807, 2.05) is 6.92 Å². The zero-order valence-electron chi connectivity index (χ0n) is 7.96. The monoisotopic (exact) mass is 169 g/mol. The van der Waals surface area contributed by atoms with Crippen LogP contribution in [0.2, 0.25) is 0 Å². The Balaban J connectivity index is 2.85. The van der Waals surface area contributed by atoms with Crippen LogP contribution in [0.5, 0.6) is 0 Å². The summed E-state index contributed by atoms with van der Waals surface area (Å²) in [6.07, 6.45) is 0. The molecule has 0 aliphatic carbocycles. The molecule has 1 atom stereocenters. The number of rotatable bonds is 1. The van der Waals surface area contributed by atoms with Crippen LogP contribution >= 0.6 is 0 Å². The Bertz CT molecular complexity index is 262. The van der Waals surface area contributed by atoms with Gasteiger partial charge in [-0.2, -0.15) is 0 Å². The minimum absolute atomic E-state index is 0.124. The summed E-state index contributed by atoms with van der Waals surface area (Å²) in [6.45, 7) is 8.42. The van der Waals surface area contributed by atoms with Gasteiger partial charge in [0.15, 0.2) is 0 Å². The van der Waals surface area contributed by atoms with E-state index in [9.17, 15) is 0 Å². The van der Waals surface area contributed by atoms with Gasteiger partial charge in [0.25, 0.3) is 0 Å². The maximum Gasteiger partial charge on any atom is 0.312 e. The Morgan fingerprint density at radius 2 is 1.92 bits per heavy atom. The van der Waals surface area contributed by atoms with E-state index >= 15 is 0 Å². The Kier molecular flexibility index (Phi) is 2.08. The molecular formula is C8H15N3O. The van der Waals surface area contributed by atoms with Crippen LogP contribution in [-0.2, 0) is 0 Å². The van der Waals surface area contributed by atoms with E-state index in [2.05, 4.69) is 31.0 Å². The Hall–Kier alpha value is -1.06. The molecule has 12 heavy (non-hydrogen) atoms. The van der Waals surface area contributed by atoms with Gasteiger partial charge < -0.3 is 10.2 Å². The third-order valence-corrected chi connectivity index (χ3v) is 2.13. The van der Waals surface area contributed by atoms with Crippen LogP contribution in [0.1, 0.15) is 39.5 Å². The molecule has 0 bridgehead atoms. The van der Waals surface area contributed by atoms with Gasteiger partial charge in [0.2, 0.25) is 5.89 Å². The summed E-state index contributed by atoms with van der Waals surface area (Å²) in [5.41, 5.74) is 5.44. The van der Waals surface area contributed by atoms with Crippen molar-refractivity contribution in [3.63, 3.8) is 0 Å². The molecular weight excluding hydrogens is 154 g/mol. The molecule has 0 spiro atoms. The first-order chi connectivity index (χ1) is 5.41. The summed E-state index contributed by atoms with van der Waals surface area (Å²) in [7, 11) is 0. The van der Waals surface area contributed by atoms with Gasteiger partial charge in [-0.25, -0.2) is 0 Å². The third-order valence-electron chi connectivity index (χ3n) is 2.13. The van der Waals surface area contributed by atoms with Crippen molar-refractivity contribution >= 4 is 6.01 Å². The van der Waals surface area contributed by atoms with Gasteiger partial charge in [-0.3, -0.25) is 0 Å². The Morgan fingerprint density at radius 1 is 1.33 bits per heavy atom. The molecule has 0 unspecified atom stereocenters. The molecule has 0 aliphatic rings. The zero-order chi connectivity index (χ0) is 9.35. The predicted molar refractivity (Wildman–Crippen MR) is 46.6 cm³/mol. The minimum Gasteiger partial charge on any atom is -0.408 e. The third kappa shape index (κ3) is 1.75. The van der Waals surface area contributed by atoms with Crippen molar-refractivity contribution in [2.24, 2.45) is 5.41 Å². The van der Waals surface area contributed by atoms with Crippen LogP contribution in [0.15, 0.2) is 4.42 Å². The quantitative estimate of drug-likeness (QED) is 0.696. The molecule has 0 aromatic carbocycles. The van der Waals surface area contributed by atoms with Gasteiger partial charge in [-0.1, -0.05) is 32.8 Å². The van der Waals surface area contributed by atoms with Crippen molar-refractivity contribution in [1.82, 2.24) is 10.2 Å². The maximum absolute atomic E-state index is 5.32. The van der Waals surface area contributed by atoms with Crippen LogP contribution in [0, 0.1) is 5.41 Å². The van der Waals surface area contributed by atoms with Crippen LogP contribution in [0.25, 0.3) is 0 Å². The highest BCUT2D eigenvalue weighted by Gasteiger charge is 2.26. The number of hydrogen-bond acceptors (Lipinski definition) is 4. The lowest BCUT2D eigenvalue weighted by molar-refractivity contribution is 0.291. The first-order valence-corrected chi connectivity index (χ1v) is 4.00. The van der Waals surface area contributed by atoms with Gasteiger partial charge in [-0.15, -0.1) is 5.10 Å². The molecule has 4 heteroatoms. The zero-order valence-corrected chi connectivity index (χ0v) is 7.96. The smallest absolute Gasteiger partial charge is 0.312 e. The van der Waals surface area contributed by atoms with E-state index in [-0.39, 0.29) is 17.3 Å². The molecule has 0 saturated heterocycles. The number of aromatic nitrogens is 2. The molecule has 0 amide bonds. The molecule has 2 N–H and O–H groups in total. The fraction of sp³-hybridized carbons (Fsp3) is 0.750. The second-order valence-electron chi connectivity index (χ2n) is 4.07. The summed E-state index contributed by atoms with van der Waals surface area (Å²) >= 11 is 0. The van der Waals surface area contributed by atoms with Gasteiger partial charge >= 0.3 is 6.01 Å². The summed E-state index contributed by atoms with van der Waals surface area (Å²) in [5, 5.41) is 7.45. The lowest BCUT2D eigenvalue weighted by Gasteiger charge is -2.23. The lowest BCUT2D eigenvalue weighted by atomic mass is 9.82. The van der Waals surface area contributed by atoms with Crippen LogP contribution < -0.4 is 5.73 Å². The molecule has 0 radical (unpaired) electrons. The van der Waals surface area contributed by atoms with E-state index in [1.54, 1.807) is 0 Å². The molecule has 0 fully saturated rings. The fourth-order valence-electron chi connectivity index (χ4n) is 0.792. The van der Waals surface area contributed by atoms with E-state index in [0.29, 0.717) is 5.89 Å². The SMILES string of the molecule is C[C@H](c1nnc(N)o1)C(C)(C)C. The standard InChI is InChI=1S/C8H15N3O/c1-5(8(2,3)4)6-10-11-7(9)12-6/h5H,1-4H3,(H2,9,11)/t5-/m1/s1. The fourth-order valence-corrected chi connectivity index (χ4v) is 0.792. The normalized spacial score (nSPS) is 14.7. The number of nitrogen functional groups attached to an aromatic ring is 1. The number of anilines is 1. The number of nitrogens with zero attached hydrogens (tertiary/aromatic N) is 2. The molecule has 0 aliphatic heterocycles. The van der Waals surface area contributed by atoms with Crippen molar-refractivity contribution in [2.45, 2.75) is 33.6 Å². The van der Waals surface area contributed by atoms with Crippen LogP contribution in [0.4, 0.5) is 6.01 Å². The second-order valence-corrected chi connectivity index (χ2v) is 4.07. The van der Waals surface area contributed by atoms with E-state index in [0.717, 1.165) is 0 Å². The van der Waals surface area contributed by atoms with E-state index < -0.39 is 0 Å². The van der Waals surface area contributed by atoms with Crippen molar-refractivity contribution in [2.75, 3.05) is 5.73 Å². The molecule has 1 rings (SSSR count). The Labute approximate surface area is 72.2 Å². The molecule has 1 aromatic rings. The van der Waals surface area contributed by atoms with Crippen LogP contribution in [0.3, 0.4) is 0 Å². The summed E-state index contributed by atoms with van der Waals surface area (Å²) < 4.78 is 5.13. The average Bonchev–Trinajstić information content (AvgIpc) is 2.32. The molecule has 0 saturated carbocycles. The van der Waals surface area contributed by atoms with E-state index in [4.69, 9.17) is 10.2 Å². The van der Waals surface area contributed by atoms with Gasteiger partial charge in [0.1, 0.15) is 0 Å². The Morgan fingerprint density at radius 3 is 2.25 bits per heavy atom. The average molecular weight is 169 g/mol. The molecule has 1 heterocycles. The highest BCUT2D eigenvalue weighted by Crippen LogP contribution is 2.33. The highest BCUT2D eigenvalue weighted by molar-refractivity contribution is 5.07. The van der Waals surface area contributed by atoms with Gasteiger partial charge in [0, 0.05) is 5.92 Å². The van der Waals surface area contributed by atoms with Crippen molar-refractivity contribution in [1.29, 1.82) is 0 Å². The minimum atomic E-state index is 0.124. The van der Waals surface area contributed by atoms with Crippen molar-refractivity contribution in [3.05, 3.63) is 5.89 Å². The lowest BCUT2D eigenvalue weighted by Crippen LogP contribution is -2.15. The largest absolute Gasteiger partial charge is 0.408 e. The van der Waals surface area contributed by atoms with E-state index in [1.165, 1.54) is 0 Å². The summed E-state index contributed by atoms with van der Waals surface area (Å²) in [6, 6.07) is 0.140. The summed E-state index contributed by atoms with van der Waals surface area (Å²) in [5.74, 6) is 0.835. The first kappa shape index (κ1) is 9.03. The first-order valence-electron chi connectivity index (χ1n) is 4.00. The second kappa shape index (κ2) is 2.77. The summed E-state index contributed by atoms with van der Waals surface area (Å²) in [4.78, 5) is 0. The number of hydrogen-bond donors (Lipinski definition) is 1. The predicted octanol–water partition coefficient (Wildman–Crippen LogP) is 1.80. The topological polar surface area (TPSA) is 64.9 Å². The van der Waals surface area contributed by atoms with Crippen molar-refractivity contribution in [3.8, 4) is 0 Å². The van der Waals surface area contributed by atoms with Crippen molar-refractivity contribution < 1.29 is 4.42 Å². The highest BCUT2D eigenvalue weighted by atomic mass is 16.4.